The van der Waals surface area contributed by atoms with Gasteiger partial charge in [0.05, 0.1) is 19.2 Å². The van der Waals surface area contributed by atoms with Crippen LogP contribution in [0.2, 0.25) is 5.02 Å². The molecule has 1 aliphatic heterocycles. The Kier molecular flexibility index (Phi) is 4.94. The highest BCUT2D eigenvalue weighted by molar-refractivity contribution is 6.33. The van der Waals surface area contributed by atoms with E-state index in [1.807, 2.05) is 6.92 Å². The summed E-state index contributed by atoms with van der Waals surface area (Å²) in [5, 5.41) is 4.23. The second kappa shape index (κ2) is 6.49. The van der Waals surface area contributed by atoms with E-state index in [4.69, 9.17) is 21.1 Å². The van der Waals surface area contributed by atoms with Gasteiger partial charge in [0.15, 0.2) is 11.5 Å². The molecule has 1 aliphatic rings. The number of methoxy groups -OCH3 is 2. The Hall–Kier alpha value is -0.930. The van der Waals surface area contributed by atoms with E-state index in [9.17, 15) is 0 Å². The third-order valence-corrected chi connectivity index (χ3v) is 4.30. The number of ether oxygens (including phenoxy) is 2. The molecule has 1 atom stereocenters. The number of benzene rings is 1. The smallest absolute Gasteiger partial charge is 0.179 e. The van der Waals surface area contributed by atoms with Crippen LogP contribution in [0.3, 0.4) is 0 Å². The van der Waals surface area contributed by atoms with Crippen molar-refractivity contribution in [1.82, 2.24) is 5.32 Å². The Bertz CT molecular complexity index is 442. The van der Waals surface area contributed by atoms with E-state index < -0.39 is 0 Å². The zero-order chi connectivity index (χ0) is 13.8. The lowest BCUT2D eigenvalue weighted by molar-refractivity contribution is 0.353. The molecule has 1 unspecified atom stereocenters. The van der Waals surface area contributed by atoms with Crippen LogP contribution in [0.15, 0.2) is 6.07 Å². The Morgan fingerprint density at radius 3 is 2.68 bits per heavy atom. The normalized spacial score (nSPS) is 19.3. The summed E-state index contributed by atoms with van der Waals surface area (Å²) in [5.41, 5.74) is 2.33. The fourth-order valence-corrected chi connectivity index (χ4v) is 2.96. The lowest BCUT2D eigenvalue weighted by Gasteiger charge is -2.25. The quantitative estimate of drug-likeness (QED) is 0.919. The van der Waals surface area contributed by atoms with E-state index in [1.165, 1.54) is 24.8 Å². The van der Waals surface area contributed by atoms with Gasteiger partial charge in [0.1, 0.15) is 0 Å². The zero-order valence-electron chi connectivity index (χ0n) is 11.9. The number of piperidine rings is 1. The van der Waals surface area contributed by atoms with E-state index in [1.54, 1.807) is 14.2 Å². The van der Waals surface area contributed by atoms with Gasteiger partial charge in [0.2, 0.25) is 0 Å². The van der Waals surface area contributed by atoms with Gasteiger partial charge < -0.3 is 14.8 Å². The number of nitrogens with one attached hydrogen (secondary N) is 1. The molecule has 0 saturated carbocycles. The van der Waals surface area contributed by atoms with Crippen molar-refractivity contribution in [2.24, 2.45) is 0 Å². The maximum atomic E-state index is 6.37. The minimum absolute atomic E-state index is 0.543. The molecule has 2 rings (SSSR count). The van der Waals surface area contributed by atoms with E-state index in [2.05, 4.69) is 11.4 Å². The molecule has 3 nitrogen and oxygen atoms in total. The van der Waals surface area contributed by atoms with Crippen LogP contribution >= 0.6 is 11.6 Å². The van der Waals surface area contributed by atoms with Gasteiger partial charge in [-0.25, -0.2) is 0 Å². The Morgan fingerprint density at radius 2 is 2.11 bits per heavy atom. The van der Waals surface area contributed by atoms with E-state index in [-0.39, 0.29) is 0 Å². The maximum absolute atomic E-state index is 6.37. The van der Waals surface area contributed by atoms with Crippen molar-refractivity contribution in [3.63, 3.8) is 0 Å². The molecule has 19 heavy (non-hydrogen) atoms. The lowest BCUT2D eigenvalue weighted by atomic mass is 9.95. The highest BCUT2D eigenvalue weighted by Gasteiger charge is 2.19. The third kappa shape index (κ3) is 3.15. The van der Waals surface area contributed by atoms with Crippen LogP contribution in [0.1, 0.15) is 30.4 Å². The second-order valence-corrected chi connectivity index (χ2v) is 5.44. The van der Waals surface area contributed by atoms with E-state index in [0.717, 1.165) is 18.5 Å². The minimum Gasteiger partial charge on any atom is -0.493 e. The number of rotatable bonds is 4. The predicted molar refractivity (Wildman–Crippen MR) is 78.6 cm³/mol. The van der Waals surface area contributed by atoms with E-state index >= 15 is 0 Å². The summed E-state index contributed by atoms with van der Waals surface area (Å²) in [6, 6.07) is 2.60. The maximum Gasteiger partial charge on any atom is 0.179 e. The highest BCUT2D eigenvalue weighted by atomic mass is 35.5. The van der Waals surface area contributed by atoms with Gasteiger partial charge in [-0.2, -0.15) is 0 Å². The van der Waals surface area contributed by atoms with Gasteiger partial charge in [-0.1, -0.05) is 18.0 Å². The predicted octanol–water partition coefficient (Wildman–Crippen LogP) is 3.35. The Balaban J connectivity index is 2.26. The topological polar surface area (TPSA) is 30.5 Å². The van der Waals surface area contributed by atoms with Crippen molar-refractivity contribution >= 4 is 11.6 Å². The van der Waals surface area contributed by atoms with Gasteiger partial charge in [0.25, 0.3) is 0 Å². The van der Waals surface area contributed by atoms with Crippen LogP contribution in [-0.4, -0.2) is 26.8 Å². The molecule has 0 amide bonds. The standard InChI is InChI=1S/C15H22ClNO2/c1-10-11(8-12-6-4-5-7-17-12)9-13(18-2)15(19-3)14(10)16/h9,12,17H,4-8H2,1-3H3. The Morgan fingerprint density at radius 1 is 1.32 bits per heavy atom. The zero-order valence-corrected chi connectivity index (χ0v) is 12.6. The first-order chi connectivity index (χ1) is 9.17. The second-order valence-electron chi connectivity index (χ2n) is 5.06. The summed E-state index contributed by atoms with van der Waals surface area (Å²) in [4.78, 5) is 0. The molecule has 1 fully saturated rings. The molecule has 0 bridgehead atoms. The number of halogens is 1. The number of hydrogen-bond donors (Lipinski definition) is 1. The summed E-state index contributed by atoms with van der Waals surface area (Å²) in [5.74, 6) is 1.34. The molecule has 0 aliphatic carbocycles. The molecular formula is C15H22ClNO2. The van der Waals surface area contributed by atoms with Gasteiger partial charge in [-0.3, -0.25) is 0 Å². The molecule has 0 spiro atoms. The van der Waals surface area contributed by atoms with Crippen LogP contribution in [0, 0.1) is 6.92 Å². The largest absolute Gasteiger partial charge is 0.493 e. The SMILES string of the molecule is COc1cc(CC2CCCCN2)c(C)c(Cl)c1OC. The first-order valence-corrected chi connectivity index (χ1v) is 7.18. The summed E-state index contributed by atoms with van der Waals surface area (Å²) in [6.07, 6.45) is 4.80. The summed E-state index contributed by atoms with van der Waals surface area (Å²) in [7, 11) is 3.26. The molecule has 0 radical (unpaired) electrons. The molecule has 1 N–H and O–H groups in total. The molecular weight excluding hydrogens is 262 g/mol. The van der Waals surface area contributed by atoms with Gasteiger partial charge in [-0.05, 0) is 49.9 Å². The Labute approximate surface area is 120 Å². The van der Waals surface area contributed by atoms with Gasteiger partial charge in [0, 0.05) is 6.04 Å². The van der Waals surface area contributed by atoms with Crippen molar-refractivity contribution in [2.45, 2.75) is 38.6 Å². The van der Waals surface area contributed by atoms with Crippen molar-refractivity contribution in [2.75, 3.05) is 20.8 Å². The van der Waals surface area contributed by atoms with Crippen molar-refractivity contribution in [1.29, 1.82) is 0 Å². The fourth-order valence-electron chi connectivity index (χ4n) is 2.67. The highest BCUT2D eigenvalue weighted by Crippen LogP contribution is 2.39. The molecule has 0 aromatic heterocycles. The van der Waals surface area contributed by atoms with Crippen molar-refractivity contribution in [3.8, 4) is 11.5 Å². The van der Waals surface area contributed by atoms with Crippen molar-refractivity contribution < 1.29 is 9.47 Å². The van der Waals surface area contributed by atoms with Crippen LogP contribution in [0.5, 0.6) is 11.5 Å². The average Bonchev–Trinajstić information content (AvgIpc) is 2.45. The summed E-state index contributed by atoms with van der Waals surface area (Å²) < 4.78 is 10.7. The first kappa shape index (κ1) is 14.5. The van der Waals surface area contributed by atoms with E-state index in [0.29, 0.717) is 22.6 Å². The van der Waals surface area contributed by atoms with Crippen LogP contribution in [0.25, 0.3) is 0 Å². The van der Waals surface area contributed by atoms with Crippen LogP contribution in [0.4, 0.5) is 0 Å². The molecule has 1 saturated heterocycles. The van der Waals surface area contributed by atoms with Crippen LogP contribution < -0.4 is 14.8 Å². The summed E-state index contributed by atoms with van der Waals surface area (Å²) in [6.45, 7) is 3.16. The first-order valence-electron chi connectivity index (χ1n) is 6.80. The third-order valence-electron chi connectivity index (χ3n) is 3.84. The van der Waals surface area contributed by atoms with Crippen LogP contribution in [-0.2, 0) is 6.42 Å². The number of hydrogen-bond acceptors (Lipinski definition) is 3. The van der Waals surface area contributed by atoms with Gasteiger partial charge >= 0.3 is 0 Å². The lowest BCUT2D eigenvalue weighted by Crippen LogP contribution is -2.35. The fraction of sp³-hybridized carbons (Fsp3) is 0.600. The monoisotopic (exact) mass is 283 g/mol. The molecule has 1 heterocycles. The van der Waals surface area contributed by atoms with Gasteiger partial charge in [-0.15, -0.1) is 0 Å². The molecule has 106 valence electrons. The minimum atomic E-state index is 0.543. The van der Waals surface area contributed by atoms with Crippen molar-refractivity contribution in [3.05, 3.63) is 22.2 Å². The summed E-state index contributed by atoms with van der Waals surface area (Å²) >= 11 is 6.37. The molecule has 4 heteroatoms. The molecule has 1 aromatic rings. The average molecular weight is 284 g/mol. The molecule has 1 aromatic carbocycles.